The number of halogens is 2. The fourth-order valence-corrected chi connectivity index (χ4v) is 3.55. The van der Waals surface area contributed by atoms with Crippen molar-refractivity contribution in [1.29, 1.82) is 0 Å². The van der Waals surface area contributed by atoms with Crippen LogP contribution in [-0.2, 0) is 9.59 Å². The number of hydrogen-bond acceptors (Lipinski definition) is 5. The van der Waals surface area contributed by atoms with E-state index in [0.717, 1.165) is 0 Å². The fraction of sp³-hybridized carbons (Fsp3) is 0.211. The second-order valence-electron chi connectivity index (χ2n) is 6.24. The van der Waals surface area contributed by atoms with Gasteiger partial charge in [-0.05, 0) is 44.3 Å². The molecule has 1 aromatic heterocycles. The summed E-state index contributed by atoms with van der Waals surface area (Å²) in [5.41, 5.74) is 1.13. The normalized spacial score (nSPS) is 12.2. The maximum atomic E-state index is 13.3. The van der Waals surface area contributed by atoms with Gasteiger partial charge in [-0.25, -0.2) is 9.37 Å². The predicted molar refractivity (Wildman–Crippen MR) is 110 cm³/mol. The summed E-state index contributed by atoms with van der Waals surface area (Å²) >= 11 is 7.22. The summed E-state index contributed by atoms with van der Waals surface area (Å²) in [7, 11) is 1.67. The van der Waals surface area contributed by atoms with Crippen molar-refractivity contribution in [2.75, 3.05) is 24.2 Å². The number of benzene rings is 2. The quantitative estimate of drug-likeness (QED) is 0.632. The zero-order valence-electron chi connectivity index (χ0n) is 15.2. The van der Waals surface area contributed by atoms with Crippen LogP contribution in [0, 0.1) is 5.82 Å². The summed E-state index contributed by atoms with van der Waals surface area (Å²) in [6.45, 7) is 1.69. The average Bonchev–Trinajstić information content (AvgIpc) is 3.04. The molecule has 0 unspecified atom stereocenters. The van der Waals surface area contributed by atoms with E-state index in [1.165, 1.54) is 23.5 Å². The summed E-state index contributed by atoms with van der Waals surface area (Å²) in [5, 5.41) is 6.25. The Labute approximate surface area is 170 Å². The third-order valence-corrected chi connectivity index (χ3v) is 5.43. The number of hydrogen-bond donors (Lipinski definition) is 2. The SMILES string of the molecule is C[C@@H](C(=O)Nc1nc2ccc(F)cc2s1)N(C)CC(=O)Nc1ccccc1Cl. The van der Waals surface area contributed by atoms with Crippen molar-refractivity contribution in [2.24, 2.45) is 0 Å². The molecule has 0 saturated heterocycles. The van der Waals surface area contributed by atoms with E-state index >= 15 is 0 Å². The van der Waals surface area contributed by atoms with Gasteiger partial charge in [-0.2, -0.15) is 0 Å². The Balaban J connectivity index is 1.58. The van der Waals surface area contributed by atoms with Crippen LogP contribution in [-0.4, -0.2) is 41.3 Å². The lowest BCUT2D eigenvalue weighted by Crippen LogP contribution is -2.43. The molecule has 1 atom stereocenters. The number of aromatic nitrogens is 1. The molecule has 3 rings (SSSR count). The highest BCUT2D eigenvalue weighted by molar-refractivity contribution is 7.22. The standard InChI is InChI=1S/C19H18ClFN4O2S/c1-11(25(2)10-17(26)22-14-6-4-3-5-13(14)20)18(27)24-19-23-15-8-7-12(21)9-16(15)28-19/h3-9,11H,10H2,1-2H3,(H,22,26)(H,23,24,27)/t11-/m0/s1. The third kappa shape index (κ3) is 4.83. The van der Waals surface area contributed by atoms with Crippen LogP contribution in [0.3, 0.4) is 0 Å². The average molecular weight is 421 g/mol. The van der Waals surface area contributed by atoms with Gasteiger partial charge in [0.2, 0.25) is 11.8 Å². The number of para-hydroxylation sites is 1. The van der Waals surface area contributed by atoms with Gasteiger partial charge in [0, 0.05) is 0 Å². The van der Waals surface area contributed by atoms with Crippen molar-refractivity contribution in [3.8, 4) is 0 Å². The first-order valence-electron chi connectivity index (χ1n) is 8.45. The number of carbonyl (C=O) groups is 2. The number of carbonyl (C=O) groups excluding carboxylic acids is 2. The monoisotopic (exact) mass is 420 g/mol. The maximum Gasteiger partial charge on any atom is 0.243 e. The van der Waals surface area contributed by atoms with Crippen LogP contribution >= 0.6 is 22.9 Å². The van der Waals surface area contributed by atoms with E-state index < -0.39 is 6.04 Å². The molecule has 0 spiro atoms. The highest BCUT2D eigenvalue weighted by Gasteiger charge is 2.21. The molecule has 0 bridgehead atoms. The number of thiazole rings is 1. The van der Waals surface area contributed by atoms with Gasteiger partial charge in [0.1, 0.15) is 5.82 Å². The fourth-order valence-electron chi connectivity index (χ4n) is 2.48. The minimum absolute atomic E-state index is 0.00483. The zero-order chi connectivity index (χ0) is 20.3. The number of rotatable bonds is 6. The lowest BCUT2D eigenvalue weighted by Gasteiger charge is -2.22. The molecule has 6 nitrogen and oxygen atoms in total. The lowest BCUT2D eigenvalue weighted by atomic mass is 10.2. The molecule has 28 heavy (non-hydrogen) atoms. The van der Waals surface area contributed by atoms with Crippen molar-refractivity contribution in [2.45, 2.75) is 13.0 Å². The molecule has 0 aliphatic heterocycles. The lowest BCUT2D eigenvalue weighted by molar-refractivity contribution is -0.122. The molecule has 9 heteroatoms. The number of fused-ring (bicyclic) bond motifs is 1. The first-order valence-corrected chi connectivity index (χ1v) is 9.64. The van der Waals surface area contributed by atoms with Crippen LogP contribution < -0.4 is 10.6 Å². The van der Waals surface area contributed by atoms with E-state index in [0.29, 0.717) is 26.1 Å². The highest BCUT2D eigenvalue weighted by Crippen LogP contribution is 2.26. The van der Waals surface area contributed by atoms with Crippen molar-refractivity contribution in [3.63, 3.8) is 0 Å². The van der Waals surface area contributed by atoms with Crippen molar-refractivity contribution in [1.82, 2.24) is 9.88 Å². The molecule has 0 aliphatic carbocycles. The van der Waals surface area contributed by atoms with Crippen LogP contribution in [0.15, 0.2) is 42.5 Å². The largest absolute Gasteiger partial charge is 0.324 e. The Bertz CT molecular complexity index is 1030. The van der Waals surface area contributed by atoms with Crippen LogP contribution in [0.2, 0.25) is 5.02 Å². The van der Waals surface area contributed by atoms with Crippen LogP contribution in [0.4, 0.5) is 15.2 Å². The molecular weight excluding hydrogens is 403 g/mol. The maximum absolute atomic E-state index is 13.3. The van der Waals surface area contributed by atoms with Gasteiger partial charge in [0.05, 0.1) is 33.5 Å². The van der Waals surface area contributed by atoms with Gasteiger partial charge >= 0.3 is 0 Å². The van der Waals surface area contributed by atoms with E-state index in [1.807, 2.05) is 0 Å². The first kappa shape index (κ1) is 20.2. The molecule has 146 valence electrons. The molecule has 2 N–H and O–H groups in total. The summed E-state index contributed by atoms with van der Waals surface area (Å²) in [5.74, 6) is -0.954. The second kappa shape index (κ2) is 8.64. The molecule has 2 amide bonds. The van der Waals surface area contributed by atoms with E-state index in [2.05, 4.69) is 15.6 Å². The van der Waals surface area contributed by atoms with Gasteiger partial charge in [-0.15, -0.1) is 0 Å². The Morgan fingerprint density at radius 2 is 2.00 bits per heavy atom. The minimum atomic E-state index is -0.583. The van der Waals surface area contributed by atoms with Crippen LogP contribution in [0.5, 0.6) is 0 Å². The number of amides is 2. The topological polar surface area (TPSA) is 74.3 Å². The number of nitrogens with one attached hydrogen (secondary N) is 2. The minimum Gasteiger partial charge on any atom is -0.324 e. The van der Waals surface area contributed by atoms with Gasteiger partial charge in [0.15, 0.2) is 5.13 Å². The van der Waals surface area contributed by atoms with Gasteiger partial charge < -0.3 is 10.6 Å². The van der Waals surface area contributed by atoms with E-state index in [4.69, 9.17) is 11.6 Å². The second-order valence-corrected chi connectivity index (χ2v) is 7.68. The summed E-state index contributed by atoms with van der Waals surface area (Å²) in [6, 6.07) is 10.6. The zero-order valence-corrected chi connectivity index (χ0v) is 16.8. The molecule has 0 aliphatic rings. The van der Waals surface area contributed by atoms with Crippen LogP contribution in [0.1, 0.15) is 6.92 Å². The Kier molecular flexibility index (Phi) is 6.23. The Hall–Kier alpha value is -2.55. The van der Waals surface area contributed by atoms with Gasteiger partial charge in [0.25, 0.3) is 0 Å². The molecule has 0 fully saturated rings. The highest BCUT2D eigenvalue weighted by atomic mass is 35.5. The van der Waals surface area contributed by atoms with Crippen molar-refractivity contribution >= 4 is 55.8 Å². The van der Waals surface area contributed by atoms with E-state index in [-0.39, 0.29) is 24.2 Å². The molecule has 3 aromatic rings. The molecule has 2 aromatic carbocycles. The molecule has 1 heterocycles. The van der Waals surface area contributed by atoms with E-state index in [1.54, 1.807) is 49.2 Å². The molecule has 0 saturated carbocycles. The third-order valence-electron chi connectivity index (χ3n) is 4.16. The van der Waals surface area contributed by atoms with Crippen molar-refractivity contribution < 1.29 is 14.0 Å². The van der Waals surface area contributed by atoms with Crippen molar-refractivity contribution in [3.05, 3.63) is 53.3 Å². The number of nitrogens with zero attached hydrogens (tertiary/aromatic N) is 2. The molecular formula is C19H18ClFN4O2S. The van der Waals surface area contributed by atoms with Gasteiger partial charge in [-0.3, -0.25) is 14.5 Å². The van der Waals surface area contributed by atoms with E-state index in [9.17, 15) is 14.0 Å². The first-order chi connectivity index (χ1) is 13.3. The predicted octanol–water partition coefficient (Wildman–Crippen LogP) is 3.99. The van der Waals surface area contributed by atoms with Gasteiger partial charge in [-0.1, -0.05) is 35.1 Å². The summed E-state index contributed by atoms with van der Waals surface area (Å²) in [6.07, 6.45) is 0. The Morgan fingerprint density at radius 3 is 2.75 bits per heavy atom. The smallest absolute Gasteiger partial charge is 0.243 e. The van der Waals surface area contributed by atoms with Crippen LogP contribution in [0.25, 0.3) is 10.2 Å². The Morgan fingerprint density at radius 1 is 1.25 bits per heavy atom. The molecule has 0 radical (unpaired) electrons. The number of likely N-dealkylation sites (N-methyl/N-ethyl adjacent to an activating group) is 1. The number of anilines is 2. The summed E-state index contributed by atoms with van der Waals surface area (Å²) in [4.78, 5) is 30.6. The summed E-state index contributed by atoms with van der Waals surface area (Å²) < 4.78 is 13.9.